The third-order valence-electron chi connectivity index (χ3n) is 4.53. The number of hydrogen-bond acceptors (Lipinski definition) is 5. The monoisotopic (exact) mass is 445 g/mol. The van der Waals surface area contributed by atoms with Crippen LogP contribution in [-0.2, 0) is 25.9 Å². The molecular formula is C20H22F3NO5S. The zero-order valence-electron chi connectivity index (χ0n) is 16.7. The Morgan fingerprint density at radius 3 is 2.23 bits per heavy atom. The predicted molar refractivity (Wildman–Crippen MR) is 103 cm³/mol. The Morgan fingerprint density at radius 1 is 1.07 bits per heavy atom. The van der Waals surface area contributed by atoms with Crippen LogP contribution in [0.5, 0.6) is 0 Å². The summed E-state index contributed by atoms with van der Waals surface area (Å²) >= 11 is 0. The van der Waals surface area contributed by atoms with E-state index in [0.29, 0.717) is 0 Å². The Labute approximate surface area is 172 Å². The van der Waals surface area contributed by atoms with Crippen LogP contribution < -0.4 is 0 Å². The number of alkyl halides is 3. The fourth-order valence-corrected chi connectivity index (χ4v) is 4.10. The molecule has 0 radical (unpaired) electrons. The second-order valence-electron chi connectivity index (χ2n) is 6.95. The van der Waals surface area contributed by atoms with Gasteiger partial charge in [-0.2, -0.15) is 13.2 Å². The van der Waals surface area contributed by atoms with Gasteiger partial charge in [-0.15, -0.1) is 0 Å². The van der Waals surface area contributed by atoms with Gasteiger partial charge in [-0.3, -0.25) is 9.59 Å². The molecular weight excluding hydrogens is 423 g/mol. The molecule has 0 bridgehead atoms. The highest BCUT2D eigenvalue weighted by atomic mass is 32.2. The summed E-state index contributed by atoms with van der Waals surface area (Å²) in [6.45, 7) is 2.72. The third kappa shape index (κ3) is 6.19. The normalized spacial score (nSPS) is 12.1. The van der Waals surface area contributed by atoms with Gasteiger partial charge in [0.15, 0.2) is 16.4 Å². The number of ether oxygens (including phenoxy) is 1. The second-order valence-corrected chi connectivity index (χ2v) is 9.06. The van der Waals surface area contributed by atoms with Crippen molar-refractivity contribution in [1.29, 1.82) is 0 Å². The average Bonchev–Trinajstić information content (AvgIpc) is 2.92. The molecule has 0 atom stereocenters. The van der Waals surface area contributed by atoms with Crippen molar-refractivity contribution >= 4 is 21.6 Å². The number of Topliss-reactive ketones (excluding diaryl/α,β-unsaturated/α-hetero) is 1. The van der Waals surface area contributed by atoms with Crippen LogP contribution in [0.1, 0.15) is 33.7 Å². The maximum Gasteiger partial charge on any atom is 0.406 e. The van der Waals surface area contributed by atoms with E-state index >= 15 is 0 Å². The van der Waals surface area contributed by atoms with Gasteiger partial charge < -0.3 is 9.30 Å². The van der Waals surface area contributed by atoms with Crippen LogP contribution in [0.4, 0.5) is 13.2 Å². The van der Waals surface area contributed by atoms with Crippen molar-refractivity contribution in [3.63, 3.8) is 0 Å². The first kappa shape index (κ1) is 23.7. The van der Waals surface area contributed by atoms with E-state index in [-0.39, 0.29) is 21.8 Å². The lowest BCUT2D eigenvalue weighted by Gasteiger charge is -2.12. The van der Waals surface area contributed by atoms with Gasteiger partial charge in [0.05, 0.1) is 17.1 Å². The number of rotatable bonds is 8. The summed E-state index contributed by atoms with van der Waals surface area (Å²) in [7, 11) is -3.68. The standard InChI is InChI=1S/C20H22F3NO5S/c1-13-4-6-16(7-5-13)30(27,28)9-8-19(26)29-11-18(25)17-10-14(2)24(15(17)3)12-20(21,22)23/h4-7,10H,8-9,11-12H2,1-3H3. The number of benzene rings is 1. The molecule has 164 valence electrons. The number of sulfone groups is 1. The summed E-state index contributed by atoms with van der Waals surface area (Å²) in [6.07, 6.45) is -4.89. The molecule has 0 saturated heterocycles. The molecule has 0 amide bonds. The Morgan fingerprint density at radius 2 is 1.67 bits per heavy atom. The number of carbonyl (C=O) groups is 2. The van der Waals surface area contributed by atoms with Gasteiger partial charge in [0.1, 0.15) is 6.54 Å². The van der Waals surface area contributed by atoms with Crippen molar-refractivity contribution in [2.24, 2.45) is 0 Å². The topological polar surface area (TPSA) is 82.4 Å². The second kappa shape index (κ2) is 9.03. The lowest BCUT2D eigenvalue weighted by Crippen LogP contribution is -2.20. The van der Waals surface area contributed by atoms with Gasteiger partial charge in [0.2, 0.25) is 5.78 Å². The average molecular weight is 445 g/mol. The van der Waals surface area contributed by atoms with Crippen LogP contribution in [0.2, 0.25) is 0 Å². The van der Waals surface area contributed by atoms with E-state index in [2.05, 4.69) is 0 Å². The van der Waals surface area contributed by atoms with Crippen molar-refractivity contribution in [2.75, 3.05) is 12.4 Å². The molecule has 2 aromatic rings. The number of aromatic nitrogens is 1. The summed E-state index contributed by atoms with van der Waals surface area (Å²) in [4.78, 5) is 24.2. The molecule has 1 heterocycles. The van der Waals surface area contributed by atoms with Crippen LogP contribution >= 0.6 is 0 Å². The number of carbonyl (C=O) groups excluding carboxylic acids is 2. The molecule has 30 heavy (non-hydrogen) atoms. The molecule has 1 aromatic carbocycles. The van der Waals surface area contributed by atoms with Crippen molar-refractivity contribution in [3.8, 4) is 0 Å². The molecule has 0 saturated carbocycles. The van der Waals surface area contributed by atoms with E-state index in [9.17, 15) is 31.2 Å². The lowest BCUT2D eigenvalue weighted by atomic mass is 10.1. The minimum atomic E-state index is -4.44. The van der Waals surface area contributed by atoms with Crippen molar-refractivity contribution < 1.29 is 35.9 Å². The van der Waals surface area contributed by atoms with Gasteiger partial charge >= 0.3 is 12.1 Å². The molecule has 0 N–H and O–H groups in total. The quantitative estimate of drug-likeness (QED) is 0.458. The van der Waals surface area contributed by atoms with E-state index < -0.39 is 53.1 Å². The van der Waals surface area contributed by atoms with E-state index in [0.717, 1.165) is 10.1 Å². The highest BCUT2D eigenvalue weighted by molar-refractivity contribution is 7.91. The zero-order valence-corrected chi connectivity index (χ0v) is 17.6. The summed E-state index contributed by atoms with van der Waals surface area (Å²) < 4.78 is 68.3. The van der Waals surface area contributed by atoms with Crippen LogP contribution in [0, 0.1) is 20.8 Å². The fraction of sp³-hybridized carbons (Fsp3) is 0.400. The van der Waals surface area contributed by atoms with Crippen LogP contribution in [-0.4, -0.2) is 43.3 Å². The Hall–Kier alpha value is -2.62. The maximum absolute atomic E-state index is 12.7. The predicted octanol–water partition coefficient (Wildman–Crippen LogP) is 3.57. The maximum atomic E-state index is 12.7. The molecule has 6 nitrogen and oxygen atoms in total. The molecule has 2 rings (SSSR count). The number of hydrogen-bond donors (Lipinski definition) is 0. The van der Waals surface area contributed by atoms with Crippen molar-refractivity contribution in [3.05, 3.63) is 52.8 Å². The van der Waals surface area contributed by atoms with Gasteiger partial charge in [0, 0.05) is 17.0 Å². The largest absolute Gasteiger partial charge is 0.457 e. The van der Waals surface area contributed by atoms with Crippen LogP contribution in [0.3, 0.4) is 0 Å². The van der Waals surface area contributed by atoms with E-state index in [1.54, 1.807) is 12.1 Å². The summed E-state index contributed by atoms with van der Waals surface area (Å²) in [5.74, 6) is -2.03. The van der Waals surface area contributed by atoms with Crippen LogP contribution in [0.15, 0.2) is 35.2 Å². The summed E-state index contributed by atoms with van der Waals surface area (Å²) in [5, 5.41) is 0. The minimum absolute atomic E-state index is 0.0248. The van der Waals surface area contributed by atoms with Gasteiger partial charge in [-0.05, 0) is 39.0 Å². The number of halogens is 3. The van der Waals surface area contributed by atoms with Gasteiger partial charge in [-0.25, -0.2) is 8.42 Å². The Balaban J connectivity index is 1.94. The highest BCUT2D eigenvalue weighted by Crippen LogP contribution is 2.23. The highest BCUT2D eigenvalue weighted by Gasteiger charge is 2.30. The van der Waals surface area contributed by atoms with E-state index in [1.165, 1.54) is 32.0 Å². The Bertz CT molecular complexity index is 1040. The lowest BCUT2D eigenvalue weighted by molar-refractivity contribution is -0.142. The first-order valence-corrected chi connectivity index (χ1v) is 10.7. The first-order valence-electron chi connectivity index (χ1n) is 9.02. The molecule has 0 aliphatic carbocycles. The van der Waals surface area contributed by atoms with E-state index in [4.69, 9.17) is 4.74 Å². The van der Waals surface area contributed by atoms with Crippen LogP contribution in [0.25, 0.3) is 0 Å². The number of aryl methyl sites for hydroxylation is 2. The number of nitrogens with zero attached hydrogens (tertiary/aromatic N) is 1. The molecule has 1 aromatic heterocycles. The molecule has 0 fully saturated rings. The molecule has 0 aliphatic heterocycles. The number of esters is 1. The van der Waals surface area contributed by atoms with E-state index in [1.807, 2.05) is 6.92 Å². The number of ketones is 1. The first-order chi connectivity index (χ1) is 13.8. The van der Waals surface area contributed by atoms with Gasteiger partial charge in [-0.1, -0.05) is 17.7 Å². The smallest absolute Gasteiger partial charge is 0.406 e. The van der Waals surface area contributed by atoms with Crippen molar-refractivity contribution in [2.45, 2.75) is 44.8 Å². The van der Waals surface area contributed by atoms with Crippen molar-refractivity contribution in [1.82, 2.24) is 4.57 Å². The summed E-state index contributed by atoms with van der Waals surface area (Å²) in [6, 6.07) is 7.46. The summed E-state index contributed by atoms with van der Waals surface area (Å²) in [5.41, 5.74) is 1.29. The SMILES string of the molecule is Cc1ccc(S(=O)(=O)CCC(=O)OCC(=O)c2cc(C)n(CC(F)(F)F)c2C)cc1. The molecule has 10 heteroatoms. The molecule has 0 aliphatic rings. The van der Waals surface area contributed by atoms with Gasteiger partial charge in [0.25, 0.3) is 0 Å². The minimum Gasteiger partial charge on any atom is -0.457 e. The Kier molecular flexibility index (Phi) is 7.12. The third-order valence-corrected chi connectivity index (χ3v) is 6.26. The molecule has 0 spiro atoms. The fourth-order valence-electron chi connectivity index (χ4n) is 2.88. The zero-order chi connectivity index (χ0) is 22.7. The molecule has 0 unspecified atom stereocenters.